The number of amides is 2. The fourth-order valence-corrected chi connectivity index (χ4v) is 3.77. The lowest BCUT2D eigenvalue weighted by atomic mass is 9.94. The van der Waals surface area contributed by atoms with Gasteiger partial charge in [-0.3, -0.25) is 4.79 Å². The van der Waals surface area contributed by atoms with Gasteiger partial charge in [-0.2, -0.15) is 4.98 Å². The Hall–Kier alpha value is -2.90. The van der Waals surface area contributed by atoms with E-state index >= 15 is 0 Å². The van der Waals surface area contributed by atoms with Gasteiger partial charge in [0.05, 0.1) is 0 Å². The molecule has 0 unspecified atom stereocenters. The number of aryl methyl sites for hydroxylation is 1. The Morgan fingerprint density at radius 3 is 2.77 bits per heavy atom. The van der Waals surface area contributed by atoms with E-state index in [4.69, 9.17) is 9.26 Å². The molecule has 0 aliphatic carbocycles. The average Bonchev–Trinajstić information content (AvgIpc) is 3.14. The second-order valence-electron chi connectivity index (χ2n) is 9.19. The zero-order valence-corrected chi connectivity index (χ0v) is 19.0. The number of likely N-dealkylation sites (tertiary alicyclic amines) is 1. The molecule has 1 aromatic carbocycles. The van der Waals surface area contributed by atoms with Crippen molar-refractivity contribution < 1.29 is 18.8 Å². The van der Waals surface area contributed by atoms with E-state index in [1.165, 1.54) is 0 Å². The highest BCUT2D eigenvalue weighted by Gasteiger charge is 2.29. The van der Waals surface area contributed by atoms with Gasteiger partial charge in [0.15, 0.2) is 0 Å². The molecule has 0 saturated carbocycles. The molecule has 0 bridgehead atoms. The smallest absolute Gasteiger partial charge is 0.408 e. The highest BCUT2D eigenvalue weighted by atomic mass is 16.6. The third-order valence-corrected chi connectivity index (χ3v) is 5.25. The van der Waals surface area contributed by atoms with Crippen molar-refractivity contribution in [2.24, 2.45) is 5.92 Å². The number of alkyl carbamates (subject to hydrolysis) is 1. The van der Waals surface area contributed by atoms with Gasteiger partial charge in [-0.1, -0.05) is 29.4 Å². The number of hydrogen-bond acceptors (Lipinski definition) is 6. The maximum Gasteiger partial charge on any atom is 0.408 e. The van der Waals surface area contributed by atoms with Gasteiger partial charge in [0.2, 0.25) is 17.6 Å². The monoisotopic (exact) mass is 428 g/mol. The van der Waals surface area contributed by atoms with Crippen LogP contribution in [0, 0.1) is 12.8 Å². The minimum absolute atomic E-state index is 0.110. The Morgan fingerprint density at radius 1 is 1.32 bits per heavy atom. The molecule has 1 aromatic heterocycles. The largest absolute Gasteiger partial charge is 0.444 e. The first-order chi connectivity index (χ1) is 14.6. The number of hydrogen-bond donors (Lipinski definition) is 1. The van der Waals surface area contributed by atoms with Crippen molar-refractivity contribution >= 4 is 12.0 Å². The number of benzene rings is 1. The van der Waals surface area contributed by atoms with Crippen LogP contribution in [0.5, 0.6) is 0 Å². The quantitative estimate of drug-likeness (QED) is 0.779. The van der Waals surface area contributed by atoms with E-state index in [0.717, 1.165) is 24.0 Å². The predicted molar refractivity (Wildman–Crippen MR) is 116 cm³/mol. The summed E-state index contributed by atoms with van der Waals surface area (Å²) in [7, 11) is 0. The fourth-order valence-electron chi connectivity index (χ4n) is 3.77. The number of nitrogens with one attached hydrogen (secondary N) is 1. The Bertz CT molecular complexity index is 918. The van der Waals surface area contributed by atoms with E-state index in [1.54, 1.807) is 32.6 Å². The summed E-state index contributed by atoms with van der Waals surface area (Å²) in [6.45, 7) is 10.3. The highest BCUT2D eigenvalue weighted by Crippen LogP contribution is 2.24. The third-order valence-electron chi connectivity index (χ3n) is 5.25. The van der Waals surface area contributed by atoms with Crippen molar-refractivity contribution in [3.63, 3.8) is 0 Å². The summed E-state index contributed by atoms with van der Waals surface area (Å²) in [5.74, 6) is 1.29. The Kier molecular flexibility index (Phi) is 6.97. The SMILES string of the molecule is Cc1ccccc1-c1noc(C[C@@H]2CCCN(C(=O)[C@H](C)NC(=O)OC(C)(C)C)C2)n1. The first-order valence-electron chi connectivity index (χ1n) is 10.8. The van der Waals surface area contributed by atoms with Gasteiger partial charge in [-0.25, -0.2) is 4.79 Å². The number of ether oxygens (including phenoxy) is 1. The fraction of sp³-hybridized carbons (Fsp3) is 0.565. The van der Waals surface area contributed by atoms with Gasteiger partial charge in [-0.15, -0.1) is 0 Å². The maximum absolute atomic E-state index is 12.8. The summed E-state index contributed by atoms with van der Waals surface area (Å²) in [5, 5.41) is 6.76. The molecule has 1 aliphatic heterocycles. The highest BCUT2D eigenvalue weighted by molar-refractivity contribution is 5.85. The molecular weight excluding hydrogens is 396 g/mol. The van der Waals surface area contributed by atoms with Gasteiger partial charge >= 0.3 is 6.09 Å². The summed E-state index contributed by atoms with van der Waals surface area (Å²) in [6, 6.07) is 7.28. The lowest BCUT2D eigenvalue weighted by Crippen LogP contribution is -2.51. The van der Waals surface area contributed by atoms with Crippen LogP contribution in [0.2, 0.25) is 0 Å². The number of carbonyl (C=O) groups excluding carboxylic acids is 2. The number of rotatable bonds is 5. The van der Waals surface area contributed by atoms with Crippen LogP contribution in [-0.4, -0.2) is 51.8 Å². The van der Waals surface area contributed by atoms with Crippen LogP contribution in [0.4, 0.5) is 4.79 Å². The van der Waals surface area contributed by atoms with E-state index in [1.807, 2.05) is 31.2 Å². The molecule has 2 atom stereocenters. The van der Waals surface area contributed by atoms with Crippen molar-refractivity contribution in [3.8, 4) is 11.4 Å². The molecule has 1 fully saturated rings. The van der Waals surface area contributed by atoms with Crippen LogP contribution >= 0.6 is 0 Å². The van der Waals surface area contributed by atoms with Gasteiger partial charge in [0.25, 0.3) is 0 Å². The van der Waals surface area contributed by atoms with Crippen molar-refractivity contribution in [3.05, 3.63) is 35.7 Å². The Morgan fingerprint density at radius 2 is 2.06 bits per heavy atom. The number of aromatic nitrogens is 2. The van der Waals surface area contributed by atoms with E-state index in [9.17, 15) is 9.59 Å². The Balaban J connectivity index is 1.56. The minimum Gasteiger partial charge on any atom is -0.444 e. The molecule has 2 amide bonds. The van der Waals surface area contributed by atoms with E-state index in [2.05, 4.69) is 15.5 Å². The van der Waals surface area contributed by atoms with Crippen molar-refractivity contribution in [1.29, 1.82) is 0 Å². The topological polar surface area (TPSA) is 97.6 Å². The number of piperidine rings is 1. The molecular formula is C23H32N4O4. The van der Waals surface area contributed by atoms with Crippen LogP contribution in [-0.2, 0) is 16.0 Å². The minimum atomic E-state index is -0.648. The van der Waals surface area contributed by atoms with Gasteiger partial charge < -0.3 is 19.5 Å². The van der Waals surface area contributed by atoms with Crippen LogP contribution < -0.4 is 5.32 Å². The first-order valence-corrected chi connectivity index (χ1v) is 10.8. The summed E-state index contributed by atoms with van der Waals surface area (Å²) in [6.07, 6.45) is 1.92. The first kappa shape index (κ1) is 22.8. The van der Waals surface area contributed by atoms with Crippen LogP contribution in [0.3, 0.4) is 0 Å². The molecule has 8 nitrogen and oxygen atoms in total. The van der Waals surface area contributed by atoms with E-state index in [0.29, 0.717) is 31.2 Å². The van der Waals surface area contributed by atoms with Crippen molar-refractivity contribution in [1.82, 2.24) is 20.4 Å². The molecule has 168 valence electrons. The maximum atomic E-state index is 12.8. The zero-order valence-electron chi connectivity index (χ0n) is 19.0. The van der Waals surface area contributed by atoms with Crippen molar-refractivity contribution in [2.45, 2.75) is 65.5 Å². The second-order valence-corrected chi connectivity index (χ2v) is 9.19. The lowest BCUT2D eigenvalue weighted by Gasteiger charge is -2.34. The standard InChI is InChI=1S/C23H32N4O4/c1-15-9-6-7-11-18(15)20-25-19(31-26-20)13-17-10-8-12-27(14-17)21(28)16(2)24-22(29)30-23(3,4)5/h6-7,9,11,16-17H,8,10,12-14H2,1-5H3,(H,24,29)/t16-,17-/m0/s1. The van der Waals surface area contributed by atoms with Gasteiger partial charge in [0.1, 0.15) is 11.6 Å². The van der Waals surface area contributed by atoms with E-state index in [-0.39, 0.29) is 11.8 Å². The summed E-state index contributed by atoms with van der Waals surface area (Å²) in [4.78, 5) is 31.2. The molecule has 2 heterocycles. The van der Waals surface area contributed by atoms with Crippen molar-refractivity contribution in [2.75, 3.05) is 13.1 Å². The molecule has 1 N–H and O–H groups in total. The molecule has 0 spiro atoms. The van der Waals surface area contributed by atoms with Gasteiger partial charge in [-0.05, 0) is 58.9 Å². The molecule has 8 heteroatoms. The summed E-state index contributed by atoms with van der Waals surface area (Å²) in [5.41, 5.74) is 1.44. The normalized spacial score (nSPS) is 17.8. The van der Waals surface area contributed by atoms with Crippen LogP contribution in [0.15, 0.2) is 28.8 Å². The zero-order chi connectivity index (χ0) is 22.6. The number of carbonyl (C=O) groups is 2. The van der Waals surface area contributed by atoms with E-state index < -0.39 is 17.7 Å². The van der Waals surface area contributed by atoms with Gasteiger partial charge in [0, 0.05) is 25.1 Å². The molecule has 0 radical (unpaired) electrons. The summed E-state index contributed by atoms with van der Waals surface area (Å²) >= 11 is 0. The molecule has 3 rings (SSSR count). The third kappa shape index (κ3) is 6.29. The summed E-state index contributed by atoms with van der Waals surface area (Å²) < 4.78 is 10.7. The second kappa shape index (κ2) is 9.49. The lowest BCUT2D eigenvalue weighted by molar-refractivity contribution is -0.134. The molecule has 1 aliphatic rings. The van der Waals surface area contributed by atoms with Crippen LogP contribution in [0.1, 0.15) is 52.0 Å². The molecule has 2 aromatic rings. The number of nitrogens with zero attached hydrogens (tertiary/aromatic N) is 3. The Labute approximate surface area is 183 Å². The predicted octanol–water partition coefficient (Wildman–Crippen LogP) is 3.74. The molecule has 31 heavy (non-hydrogen) atoms. The molecule has 1 saturated heterocycles. The van der Waals surface area contributed by atoms with Crippen LogP contribution in [0.25, 0.3) is 11.4 Å². The average molecular weight is 429 g/mol.